The van der Waals surface area contributed by atoms with Crippen LogP contribution >= 0.6 is 22.9 Å². The van der Waals surface area contributed by atoms with Crippen molar-refractivity contribution in [1.29, 1.82) is 0 Å². The van der Waals surface area contributed by atoms with E-state index in [1.807, 2.05) is 25.1 Å². The maximum atomic E-state index is 13.1. The van der Waals surface area contributed by atoms with Gasteiger partial charge in [0.05, 0.1) is 11.0 Å². The molecule has 0 saturated carbocycles. The Labute approximate surface area is 161 Å². The number of rotatable bonds is 6. The third-order valence-electron chi connectivity index (χ3n) is 4.16. The van der Waals surface area contributed by atoms with Crippen molar-refractivity contribution in [2.45, 2.75) is 26.4 Å². The van der Waals surface area contributed by atoms with Crippen LogP contribution in [0.3, 0.4) is 0 Å². The summed E-state index contributed by atoms with van der Waals surface area (Å²) in [7, 11) is 0. The number of benzene rings is 2. The summed E-state index contributed by atoms with van der Waals surface area (Å²) >= 11 is 7.69. The third kappa shape index (κ3) is 4.18. The number of aryl methyl sites for hydroxylation is 1. The summed E-state index contributed by atoms with van der Waals surface area (Å²) in [5, 5.41) is 18.3. The molecule has 0 atom stereocenters. The minimum Gasteiger partial charge on any atom is -0.389 e. The van der Waals surface area contributed by atoms with Gasteiger partial charge in [-0.25, -0.2) is 0 Å². The van der Waals surface area contributed by atoms with Gasteiger partial charge in [0, 0.05) is 45.1 Å². The van der Waals surface area contributed by atoms with E-state index in [4.69, 9.17) is 11.6 Å². The zero-order valence-corrected chi connectivity index (χ0v) is 16.7. The van der Waals surface area contributed by atoms with Crippen LogP contribution in [0.4, 0.5) is 5.69 Å². The largest absolute Gasteiger partial charge is 0.389 e. The average Bonchev–Trinajstić information content (AvgIpc) is 2.55. The molecule has 3 aromatic rings. The van der Waals surface area contributed by atoms with Gasteiger partial charge in [0.1, 0.15) is 0 Å². The summed E-state index contributed by atoms with van der Waals surface area (Å²) in [5.41, 5.74) is 1.21. The van der Waals surface area contributed by atoms with E-state index in [9.17, 15) is 9.90 Å². The molecule has 0 fully saturated rings. The van der Waals surface area contributed by atoms with Crippen LogP contribution < -0.4 is 16.1 Å². The summed E-state index contributed by atoms with van der Waals surface area (Å²) in [6.45, 7) is 7.43. The predicted octanol–water partition coefficient (Wildman–Crippen LogP) is 4.15. The predicted molar refractivity (Wildman–Crippen MR) is 113 cm³/mol. The second-order valence-electron chi connectivity index (χ2n) is 7.12. The molecule has 3 rings (SSSR count). The molecule has 26 heavy (non-hydrogen) atoms. The lowest BCUT2D eigenvalue weighted by atomic mass is 10.1. The Morgan fingerprint density at radius 1 is 1.19 bits per heavy atom. The van der Waals surface area contributed by atoms with E-state index in [0.29, 0.717) is 30.0 Å². The van der Waals surface area contributed by atoms with Crippen molar-refractivity contribution in [3.05, 3.63) is 51.1 Å². The molecule has 0 aliphatic rings. The zero-order chi connectivity index (χ0) is 18.9. The molecule has 0 bridgehead atoms. The fourth-order valence-electron chi connectivity index (χ4n) is 2.88. The molecular weight excluding hydrogens is 368 g/mol. The zero-order valence-electron chi connectivity index (χ0n) is 15.1. The highest BCUT2D eigenvalue weighted by atomic mass is 35.5. The molecule has 4 nitrogen and oxygen atoms in total. The lowest BCUT2D eigenvalue weighted by molar-refractivity contribution is 0.0804. The van der Waals surface area contributed by atoms with Gasteiger partial charge in [-0.2, -0.15) is 0 Å². The molecule has 2 aromatic carbocycles. The van der Waals surface area contributed by atoms with Crippen LogP contribution in [0.1, 0.15) is 19.4 Å². The van der Waals surface area contributed by atoms with E-state index in [2.05, 4.69) is 10.6 Å². The highest BCUT2D eigenvalue weighted by molar-refractivity contribution is 7.24. The van der Waals surface area contributed by atoms with Gasteiger partial charge < -0.3 is 15.7 Å². The molecule has 3 N–H and O–H groups in total. The average molecular weight is 391 g/mol. The van der Waals surface area contributed by atoms with E-state index < -0.39 is 5.60 Å². The van der Waals surface area contributed by atoms with Gasteiger partial charge in [-0.3, -0.25) is 4.79 Å². The van der Waals surface area contributed by atoms with Crippen LogP contribution in [-0.2, 0) is 0 Å². The Morgan fingerprint density at radius 3 is 2.69 bits per heavy atom. The quantitative estimate of drug-likeness (QED) is 0.437. The number of anilines is 1. The first-order valence-electron chi connectivity index (χ1n) is 8.59. The Hall–Kier alpha value is -1.66. The summed E-state index contributed by atoms with van der Waals surface area (Å²) < 4.78 is 1.89. The number of fused-ring (bicyclic) bond motifs is 2. The van der Waals surface area contributed by atoms with Crippen molar-refractivity contribution in [2.75, 3.05) is 25.0 Å². The lowest BCUT2D eigenvalue weighted by Gasteiger charge is -2.18. The minimum atomic E-state index is -0.736. The first kappa shape index (κ1) is 19.1. The molecule has 0 aliphatic heterocycles. The molecule has 138 valence electrons. The smallest absolute Gasteiger partial charge is 0.197 e. The standard InChI is InChI=1S/C20H23ClN2O2S/c1-12-4-7-15(23-9-8-22-11-20(2,3)25)17-18(24)14-6-5-13(21)10-16(14)26-19(12)17/h4-7,10,22-23,25H,8-9,11H2,1-3H3. The van der Waals surface area contributed by atoms with Crippen LogP contribution in [0.2, 0.25) is 5.02 Å². The summed E-state index contributed by atoms with van der Waals surface area (Å²) in [6.07, 6.45) is 0. The highest BCUT2D eigenvalue weighted by Gasteiger charge is 2.13. The first-order chi connectivity index (χ1) is 12.3. The number of nitrogens with one attached hydrogen (secondary N) is 2. The fourth-order valence-corrected chi connectivity index (χ4v) is 4.33. The van der Waals surface area contributed by atoms with E-state index in [0.717, 1.165) is 26.0 Å². The Balaban J connectivity index is 1.93. The summed E-state index contributed by atoms with van der Waals surface area (Å²) in [4.78, 5) is 13.1. The Kier molecular flexibility index (Phi) is 5.53. The second-order valence-corrected chi connectivity index (χ2v) is 8.61. The highest BCUT2D eigenvalue weighted by Crippen LogP contribution is 2.32. The number of hydrogen-bond acceptors (Lipinski definition) is 5. The molecule has 1 aromatic heterocycles. The molecule has 0 amide bonds. The van der Waals surface area contributed by atoms with Crippen molar-refractivity contribution in [3.8, 4) is 0 Å². The SMILES string of the molecule is Cc1ccc(NCCNCC(C)(C)O)c2c(=O)c3ccc(Cl)cc3sc12. The van der Waals surface area contributed by atoms with Crippen molar-refractivity contribution >= 4 is 48.8 Å². The second kappa shape index (κ2) is 7.53. The van der Waals surface area contributed by atoms with Crippen LogP contribution in [0.5, 0.6) is 0 Å². The normalized spacial score (nSPS) is 12.0. The molecular formula is C20H23ClN2O2S. The van der Waals surface area contributed by atoms with Crippen LogP contribution in [0, 0.1) is 6.92 Å². The molecule has 0 spiro atoms. The summed E-state index contributed by atoms with van der Waals surface area (Å²) in [5.74, 6) is 0. The minimum absolute atomic E-state index is 0.0288. The fraction of sp³-hybridized carbons (Fsp3) is 0.350. The Bertz CT molecular complexity index is 1010. The first-order valence-corrected chi connectivity index (χ1v) is 9.78. The van der Waals surface area contributed by atoms with Gasteiger partial charge in [-0.1, -0.05) is 17.7 Å². The lowest BCUT2D eigenvalue weighted by Crippen LogP contribution is -2.36. The van der Waals surface area contributed by atoms with E-state index in [-0.39, 0.29) is 5.43 Å². The third-order valence-corrected chi connectivity index (χ3v) is 5.68. The monoisotopic (exact) mass is 390 g/mol. The van der Waals surface area contributed by atoms with E-state index >= 15 is 0 Å². The van der Waals surface area contributed by atoms with Crippen molar-refractivity contribution in [2.24, 2.45) is 0 Å². The van der Waals surface area contributed by atoms with Crippen LogP contribution in [0.25, 0.3) is 20.2 Å². The molecule has 0 radical (unpaired) electrons. The maximum absolute atomic E-state index is 13.1. The van der Waals surface area contributed by atoms with E-state index in [1.54, 1.807) is 37.3 Å². The van der Waals surface area contributed by atoms with Crippen LogP contribution in [0.15, 0.2) is 35.1 Å². The van der Waals surface area contributed by atoms with Gasteiger partial charge in [0.25, 0.3) is 0 Å². The van der Waals surface area contributed by atoms with Crippen molar-refractivity contribution < 1.29 is 5.11 Å². The molecule has 0 aliphatic carbocycles. The van der Waals surface area contributed by atoms with Gasteiger partial charge in [-0.15, -0.1) is 11.3 Å². The van der Waals surface area contributed by atoms with Gasteiger partial charge in [0.2, 0.25) is 0 Å². The topological polar surface area (TPSA) is 61.4 Å². The number of halogens is 1. The molecule has 0 saturated heterocycles. The van der Waals surface area contributed by atoms with Crippen molar-refractivity contribution in [3.63, 3.8) is 0 Å². The van der Waals surface area contributed by atoms with Gasteiger partial charge in [-0.05, 0) is 50.6 Å². The maximum Gasteiger partial charge on any atom is 0.197 e. The van der Waals surface area contributed by atoms with Crippen molar-refractivity contribution in [1.82, 2.24) is 5.32 Å². The molecule has 6 heteroatoms. The number of hydrogen-bond donors (Lipinski definition) is 3. The summed E-state index contributed by atoms with van der Waals surface area (Å²) in [6, 6.07) is 9.40. The van der Waals surface area contributed by atoms with Crippen LogP contribution in [-0.4, -0.2) is 30.3 Å². The van der Waals surface area contributed by atoms with Gasteiger partial charge in [0.15, 0.2) is 5.43 Å². The molecule has 1 heterocycles. The molecule has 0 unspecified atom stereocenters. The Morgan fingerprint density at radius 2 is 1.96 bits per heavy atom. The van der Waals surface area contributed by atoms with E-state index in [1.165, 1.54) is 0 Å². The van der Waals surface area contributed by atoms with Gasteiger partial charge >= 0.3 is 0 Å². The number of aliphatic hydroxyl groups is 1.